The number of carbonyl (C=O) groups excluding carboxylic acids is 1. The zero-order valence-corrected chi connectivity index (χ0v) is 16.8. The second-order valence-corrected chi connectivity index (χ2v) is 8.99. The molecule has 5 nitrogen and oxygen atoms in total. The third kappa shape index (κ3) is 4.51. The van der Waals surface area contributed by atoms with E-state index in [4.69, 9.17) is 11.6 Å². The first-order valence-corrected chi connectivity index (χ1v) is 10.9. The summed E-state index contributed by atoms with van der Waals surface area (Å²) in [5, 5.41) is 3.24. The Labute approximate surface area is 165 Å². The summed E-state index contributed by atoms with van der Waals surface area (Å²) >= 11 is 5.91. The molecule has 2 aromatic rings. The van der Waals surface area contributed by atoms with E-state index in [1.807, 2.05) is 6.92 Å². The van der Waals surface area contributed by atoms with Crippen LogP contribution in [0.5, 0.6) is 0 Å². The van der Waals surface area contributed by atoms with Gasteiger partial charge in [0, 0.05) is 28.9 Å². The van der Waals surface area contributed by atoms with Crippen LogP contribution in [0.4, 0.5) is 5.69 Å². The third-order valence-electron chi connectivity index (χ3n) is 4.85. The van der Waals surface area contributed by atoms with Crippen molar-refractivity contribution in [1.82, 2.24) is 4.31 Å². The van der Waals surface area contributed by atoms with Crippen molar-refractivity contribution >= 4 is 33.2 Å². The van der Waals surface area contributed by atoms with Crippen molar-refractivity contribution in [2.45, 2.75) is 43.5 Å². The van der Waals surface area contributed by atoms with Gasteiger partial charge in [-0.15, -0.1) is 0 Å². The molecule has 1 fully saturated rings. The molecule has 0 aliphatic carbocycles. The molecule has 1 N–H and O–H groups in total. The van der Waals surface area contributed by atoms with Gasteiger partial charge >= 0.3 is 0 Å². The molecule has 27 heavy (non-hydrogen) atoms. The summed E-state index contributed by atoms with van der Waals surface area (Å²) in [4.78, 5) is 12.5. The van der Waals surface area contributed by atoms with E-state index in [-0.39, 0.29) is 16.8 Å². The highest BCUT2D eigenvalue weighted by Gasteiger charge is 2.32. The number of anilines is 1. The minimum Gasteiger partial charge on any atom is -0.322 e. The smallest absolute Gasteiger partial charge is 0.255 e. The van der Waals surface area contributed by atoms with Crippen molar-refractivity contribution in [3.63, 3.8) is 0 Å². The van der Waals surface area contributed by atoms with Gasteiger partial charge < -0.3 is 5.32 Å². The van der Waals surface area contributed by atoms with Crippen LogP contribution < -0.4 is 5.32 Å². The molecular formula is C20H23ClN2O3S. The number of piperidine rings is 1. The summed E-state index contributed by atoms with van der Waals surface area (Å²) < 4.78 is 27.6. The number of rotatable bonds is 5. The number of hydrogen-bond donors (Lipinski definition) is 1. The maximum atomic E-state index is 13.0. The second-order valence-electron chi connectivity index (χ2n) is 6.66. The molecule has 0 saturated carbocycles. The Kier molecular flexibility index (Phi) is 6.19. The predicted molar refractivity (Wildman–Crippen MR) is 108 cm³/mol. The molecule has 7 heteroatoms. The van der Waals surface area contributed by atoms with Gasteiger partial charge in [-0.3, -0.25) is 4.79 Å². The van der Waals surface area contributed by atoms with Gasteiger partial charge in [0.15, 0.2) is 0 Å². The minimum atomic E-state index is -3.52. The van der Waals surface area contributed by atoms with Crippen LogP contribution in [0.3, 0.4) is 0 Å². The Morgan fingerprint density at radius 1 is 1.19 bits per heavy atom. The topological polar surface area (TPSA) is 66.5 Å². The van der Waals surface area contributed by atoms with Crippen molar-refractivity contribution in [1.29, 1.82) is 0 Å². The van der Waals surface area contributed by atoms with Gasteiger partial charge in [0.2, 0.25) is 10.0 Å². The molecule has 2 aromatic carbocycles. The Balaban J connectivity index is 1.75. The Bertz CT molecular complexity index is 913. The average molecular weight is 407 g/mol. The lowest BCUT2D eigenvalue weighted by Gasteiger charge is -2.34. The SMILES string of the molecule is CCC1CCCCN1S(=O)(=O)c1ccc(NC(=O)c2cccc(Cl)c2)cc1. The van der Waals surface area contributed by atoms with Crippen molar-refractivity contribution in [3.8, 4) is 0 Å². The fourth-order valence-corrected chi connectivity index (χ4v) is 5.33. The van der Waals surface area contributed by atoms with Crippen LogP contribution in [-0.2, 0) is 10.0 Å². The molecule has 1 saturated heterocycles. The van der Waals surface area contributed by atoms with E-state index in [2.05, 4.69) is 5.32 Å². The fourth-order valence-electron chi connectivity index (χ4n) is 3.38. The third-order valence-corrected chi connectivity index (χ3v) is 7.05. The van der Waals surface area contributed by atoms with E-state index in [0.29, 0.717) is 22.8 Å². The maximum absolute atomic E-state index is 13.0. The molecule has 0 bridgehead atoms. The first kappa shape index (κ1) is 19.9. The summed E-state index contributed by atoms with van der Waals surface area (Å²) in [5.41, 5.74) is 0.975. The van der Waals surface area contributed by atoms with Crippen LogP contribution in [0.15, 0.2) is 53.4 Å². The van der Waals surface area contributed by atoms with Gasteiger partial charge in [0.1, 0.15) is 0 Å². The predicted octanol–water partition coefficient (Wildman–Crippen LogP) is 4.55. The van der Waals surface area contributed by atoms with Crippen LogP contribution in [-0.4, -0.2) is 31.2 Å². The summed E-state index contributed by atoms with van der Waals surface area (Å²) in [7, 11) is -3.52. The quantitative estimate of drug-likeness (QED) is 0.792. The summed E-state index contributed by atoms with van der Waals surface area (Å²) in [6.45, 7) is 2.58. The number of nitrogens with one attached hydrogen (secondary N) is 1. The van der Waals surface area contributed by atoms with Gasteiger partial charge in [-0.2, -0.15) is 4.31 Å². The Morgan fingerprint density at radius 3 is 2.59 bits per heavy atom. The van der Waals surface area contributed by atoms with Crippen molar-refractivity contribution in [3.05, 3.63) is 59.1 Å². The van der Waals surface area contributed by atoms with Crippen LogP contribution in [0.2, 0.25) is 5.02 Å². The van der Waals surface area contributed by atoms with E-state index in [9.17, 15) is 13.2 Å². The van der Waals surface area contributed by atoms with E-state index < -0.39 is 10.0 Å². The molecule has 0 radical (unpaired) electrons. The molecule has 0 aromatic heterocycles. The number of amides is 1. The van der Waals surface area contributed by atoms with Crippen molar-refractivity contribution < 1.29 is 13.2 Å². The molecule has 1 aliphatic rings. The standard InChI is InChI=1S/C20H23ClN2O3S/c1-2-18-8-3-4-13-23(18)27(25,26)19-11-9-17(10-12-19)22-20(24)15-6-5-7-16(21)14-15/h5-7,9-12,14,18H,2-4,8,13H2,1H3,(H,22,24). The van der Waals surface area contributed by atoms with Gasteiger partial charge in [0.05, 0.1) is 4.90 Å². The molecule has 1 unspecified atom stereocenters. The lowest BCUT2D eigenvalue weighted by Crippen LogP contribution is -2.43. The molecule has 144 valence electrons. The lowest BCUT2D eigenvalue weighted by molar-refractivity contribution is 0.102. The van der Waals surface area contributed by atoms with E-state index in [1.54, 1.807) is 52.8 Å². The first-order valence-electron chi connectivity index (χ1n) is 9.10. The largest absolute Gasteiger partial charge is 0.322 e. The van der Waals surface area contributed by atoms with Crippen LogP contribution in [0.25, 0.3) is 0 Å². The van der Waals surface area contributed by atoms with E-state index >= 15 is 0 Å². The summed E-state index contributed by atoms with van der Waals surface area (Å²) in [5.74, 6) is -0.296. The monoisotopic (exact) mass is 406 g/mol. The number of benzene rings is 2. The van der Waals surface area contributed by atoms with Crippen molar-refractivity contribution in [2.24, 2.45) is 0 Å². The molecule has 1 amide bonds. The van der Waals surface area contributed by atoms with Gasteiger partial charge in [-0.05, 0) is 61.7 Å². The van der Waals surface area contributed by atoms with E-state index in [0.717, 1.165) is 25.7 Å². The number of halogens is 1. The van der Waals surface area contributed by atoms with E-state index in [1.165, 1.54) is 0 Å². The van der Waals surface area contributed by atoms with Gasteiger partial charge in [-0.1, -0.05) is 31.0 Å². The average Bonchev–Trinajstić information content (AvgIpc) is 2.68. The number of hydrogen-bond acceptors (Lipinski definition) is 3. The first-order chi connectivity index (χ1) is 12.9. The van der Waals surface area contributed by atoms with Crippen LogP contribution in [0.1, 0.15) is 43.0 Å². The number of carbonyl (C=O) groups is 1. The molecule has 1 atom stereocenters. The summed E-state index contributed by atoms with van der Waals surface area (Å²) in [6, 6.07) is 13.0. The Hall–Kier alpha value is -1.89. The molecule has 1 heterocycles. The van der Waals surface area contributed by atoms with Crippen LogP contribution >= 0.6 is 11.6 Å². The zero-order chi connectivity index (χ0) is 19.4. The number of nitrogens with zero attached hydrogens (tertiary/aromatic N) is 1. The van der Waals surface area contributed by atoms with Crippen molar-refractivity contribution in [2.75, 3.05) is 11.9 Å². The highest BCUT2D eigenvalue weighted by Crippen LogP contribution is 2.27. The lowest BCUT2D eigenvalue weighted by atomic mass is 10.0. The normalized spacial score (nSPS) is 18.2. The molecule has 1 aliphatic heterocycles. The maximum Gasteiger partial charge on any atom is 0.255 e. The Morgan fingerprint density at radius 2 is 1.93 bits per heavy atom. The molecule has 0 spiro atoms. The number of sulfonamides is 1. The summed E-state index contributed by atoms with van der Waals surface area (Å²) in [6.07, 6.45) is 3.68. The van der Waals surface area contributed by atoms with Crippen LogP contribution in [0, 0.1) is 0 Å². The fraction of sp³-hybridized carbons (Fsp3) is 0.350. The zero-order valence-electron chi connectivity index (χ0n) is 15.2. The second kappa shape index (κ2) is 8.42. The molecular weight excluding hydrogens is 384 g/mol. The van der Waals surface area contributed by atoms with Gasteiger partial charge in [-0.25, -0.2) is 8.42 Å². The minimum absolute atomic E-state index is 0.0611. The highest BCUT2D eigenvalue weighted by molar-refractivity contribution is 7.89. The molecule has 3 rings (SSSR count). The highest BCUT2D eigenvalue weighted by atomic mass is 35.5. The van der Waals surface area contributed by atoms with Gasteiger partial charge in [0.25, 0.3) is 5.91 Å².